The second kappa shape index (κ2) is 4.05. The molecule has 0 aliphatic heterocycles. The first-order valence-corrected chi connectivity index (χ1v) is 3.99. The van der Waals surface area contributed by atoms with Crippen LogP contribution in [0.5, 0.6) is 0 Å². The molecule has 0 radical (unpaired) electrons. The minimum absolute atomic E-state index is 0.480. The standard InChI is InChI=1S/C8H6F4N2O2/c9-5-2-1-4(3-6(5)14(15)16)7(13)8(10,11)12/h1-3,7H,13H2. The van der Waals surface area contributed by atoms with Crippen molar-refractivity contribution >= 4 is 5.69 Å². The van der Waals surface area contributed by atoms with Gasteiger partial charge in [-0.3, -0.25) is 10.1 Å². The van der Waals surface area contributed by atoms with Gasteiger partial charge >= 0.3 is 11.9 Å². The molecule has 1 unspecified atom stereocenters. The number of hydrogen-bond donors (Lipinski definition) is 1. The number of nitrogens with zero attached hydrogens (tertiary/aromatic N) is 1. The van der Waals surface area contributed by atoms with Gasteiger partial charge in [0.15, 0.2) is 0 Å². The Labute approximate surface area is 86.8 Å². The Morgan fingerprint density at radius 1 is 1.38 bits per heavy atom. The maximum absolute atomic E-state index is 12.8. The van der Waals surface area contributed by atoms with Crippen LogP contribution in [-0.4, -0.2) is 11.1 Å². The van der Waals surface area contributed by atoms with Crippen LogP contribution >= 0.6 is 0 Å². The Balaban J connectivity index is 3.18. The van der Waals surface area contributed by atoms with Crippen LogP contribution in [0.2, 0.25) is 0 Å². The van der Waals surface area contributed by atoms with Gasteiger partial charge in [-0.25, -0.2) is 0 Å². The summed E-state index contributed by atoms with van der Waals surface area (Å²) in [5.74, 6) is -1.21. The van der Waals surface area contributed by atoms with Crippen LogP contribution in [-0.2, 0) is 0 Å². The molecule has 88 valence electrons. The number of nitro benzene ring substituents is 1. The van der Waals surface area contributed by atoms with Crippen LogP contribution in [0.1, 0.15) is 11.6 Å². The minimum Gasteiger partial charge on any atom is -0.316 e. The largest absolute Gasteiger partial charge is 0.407 e. The molecule has 0 fully saturated rings. The normalized spacial score (nSPS) is 13.6. The summed E-state index contributed by atoms with van der Waals surface area (Å²) in [6.07, 6.45) is -4.73. The molecule has 1 aromatic carbocycles. The van der Waals surface area contributed by atoms with Gasteiger partial charge < -0.3 is 5.73 Å². The van der Waals surface area contributed by atoms with E-state index in [1.807, 2.05) is 0 Å². The molecule has 0 aliphatic carbocycles. The Kier molecular flexibility index (Phi) is 3.13. The molecule has 8 heteroatoms. The lowest BCUT2D eigenvalue weighted by atomic mass is 10.1. The van der Waals surface area contributed by atoms with Crippen molar-refractivity contribution in [1.82, 2.24) is 0 Å². The molecule has 0 aromatic heterocycles. The Bertz CT molecular complexity index is 419. The number of halogens is 4. The summed E-state index contributed by atoms with van der Waals surface area (Å²) in [5, 5.41) is 10.3. The molecule has 1 atom stereocenters. The molecule has 1 aromatic rings. The van der Waals surface area contributed by atoms with Gasteiger partial charge in [0.1, 0.15) is 6.04 Å². The first-order chi connectivity index (χ1) is 7.23. The van der Waals surface area contributed by atoms with Crippen molar-refractivity contribution in [2.45, 2.75) is 12.2 Å². The summed E-state index contributed by atoms with van der Waals surface area (Å²) < 4.78 is 49.4. The van der Waals surface area contributed by atoms with Gasteiger partial charge in [-0.2, -0.15) is 17.6 Å². The van der Waals surface area contributed by atoms with Gasteiger partial charge in [0.25, 0.3) is 0 Å². The molecule has 16 heavy (non-hydrogen) atoms. The highest BCUT2D eigenvalue weighted by Crippen LogP contribution is 2.32. The molecular weight excluding hydrogens is 232 g/mol. The predicted octanol–water partition coefficient (Wildman–Crippen LogP) is 2.30. The second-order valence-corrected chi connectivity index (χ2v) is 2.99. The quantitative estimate of drug-likeness (QED) is 0.488. The van der Waals surface area contributed by atoms with Gasteiger partial charge in [0.2, 0.25) is 5.82 Å². The maximum Gasteiger partial charge on any atom is 0.407 e. The van der Waals surface area contributed by atoms with E-state index in [0.29, 0.717) is 12.1 Å². The van der Waals surface area contributed by atoms with E-state index in [9.17, 15) is 27.7 Å². The number of rotatable bonds is 2. The third-order valence-corrected chi connectivity index (χ3v) is 1.88. The first-order valence-electron chi connectivity index (χ1n) is 3.99. The smallest absolute Gasteiger partial charge is 0.316 e. The Morgan fingerprint density at radius 2 is 1.94 bits per heavy atom. The van der Waals surface area contributed by atoms with Crippen molar-refractivity contribution in [3.63, 3.8) is 0 Å². The van der Waals surface area contributed by atoms with Crippen molar-refractivity contribution in [3.8, 4) is 0 Å². The average Bonchev–Trinajstić information content (AvgIpc) is 2.15. The zero-order valence-electron chi connectivity index (χ0n) is 7.66. The molecule has 1 rings (SSSR count). The highest BCUT2D eigenvalue weighted by Gasteiger charge is 2.38. The molecule has 0 heterocycles. The van der Waals surface area contributed by atoms with Crippen LogP contribution in [0, 0.1) is 15.9 Å². The van der Waals surface area contributed by atoms with E-state index in [2.05, 4.69) is 0 Å². The zero-order chi connectivity index (χ0) is 12.5. The van der Waals surface area contributed by atoms with Crippen molar-refractivity contribution < 1.29 is 22.5 Å². The van der Waals surface area contributed by atoms with Gasteiger partial charge in [-0.05, 0) is 11.6 Å². The number of nitrogens with two attached hydrogens (primary N) is 1. The van der Waals surface area contributed by atoms with Crippen molar-refractivity contribution in [3.05, 3.63) is 39.7 Å². The van der Waals surface area contributed by atoms with E-state index >= 15 is 0 Å². The highest BCUT2D eigenvalue weighted by atomic mass is 19.4. The molecule has 0 spiro atoms. The summed E-state index contributed by atoms with van der Waals surface area (Å²) >= 11 is 0. The van der Waals surface area contributed by atoms with E-state index in [1.54, 1.807) is 0 Å². The SMILES string of the molecule is NC(c1ccc(F)c([N+](=O)[O-])c1)C(F)(F)F. The van der Waals surface area contributed by atoms with Crippen LogP contribution in [0.4, 0.5) is 23.2 Å². The molecule has 0 bridgehead atoms. The first kappa shape index (κ1) is 12.4. The summed E-state index contributed by atoms with van der Waals surface area (Å²) in [7, 11) is 0. The predicted molar refractivity (Wildman–Crippen MR) is 46.0 cm³/mol. The number of benzene rings is 1. The number of nitro groups is 1. The van der Waals surface area contributed by atoms with Gasteiger partial charge in [-0.15, -0.1) is 0 Å². The van der Waals surface area contributed by atoms with Gasteiger partial charge in [0.05, 0.1) is 4.92 Å². The van der Waals surface area contributed by atoms with E-state index in [-0.39, 0.29) is 0 Å². The molecule has 0 amide bonds. The summed E-state index contributed by atoms with van der Waals surface area (Å²) in [6, 6.07) is -0.542. The number of alkyl halides is 3. The van der Waals surface area contributed by atoms with E-state index in [4.69, 9.17) is 5.73 Å². The third kappa shape index (κ3) is 2.45. The number of hydrogen-bond acceptors (Lipinski definition) is 3. The molecular formula is C8H6F4N2O2. The minimum atomic E-state index is -4.73. The van der Waals surface area contributed by atoms with Crippen LogP contribution < -0.4 is 5.73 Å². The van der Waals surface area contributed by atoms with Gasteiger partial charge in [-0.1, -0.05) is 6.07 Å². The van der Waals surface area contributed by atoms with E-state index in [1.165, 1.54) is 0 Å². The highest BCUT2D eigenvalue weighted by molar-refractivity contribution is 5.37. The summed E-state index contributed by atoms with van der Waals surface area (Å²) in [4.78, 5) is 9.18. The van der Waals surface area contributed by atoms with Crippen LogP contribution in [0.15, 0.2) is 18.2 Å². The summed E-state index contributed by atoms with van der Waals surface area (Å²) in [6.45, 7) is 0. The topological polar surface area (TPSA) is 69.2 Å². The zero-order valence-corrected chi connectivity index (χ0v) is 7.66. The maximum atomic E-state index is 12.8. The monoisotopic (exact) mass is 238 g/mol. The molecule has 2 N–H and O–H groups in total. The second-order valence-electron chi connectivity index (χ2n) is 2.99. The van der Waals surface area contributed by atoms with Crippen molar-refractivity contribution in [1.29, 1.82) is 0 Å². The lowest BCUT2D eigenvalue weighted by Crippen LogP contribution is -2.28. The van der Waals surface area contributed by atoms with Crippen molar-refractivity contribution in [2.24, 2.45) is 5.73 Å². The van der Waals surface area contributed by atoms with Crippen molar-refractivity contribution in [2.75, 3.05) is 0 Å². The Hall–Kier alpha value is -1.70. The van der Waals surface area contributed by atoms with Crippen LogP contribution in [0.25, 0.3) is 0 Å². The summed E-state index contributed by atoms with van der Waals surface area (Å²) in [5.41, 5.74) is 3.24. The fourth-order valence-corrected chi connectivity index (χ4v) is 1.05. The molecule has 4 nitrogen and oxygen atoms in total. The molecule has 0 saturated carbocycles. The fourth-order valence-electron chi connectivity index (χ4n) is 1.05. The lowest BCUT2D eigenvalue weighted by Gasteiger charge is -2.15. The molecule has 0 aliphatic rings. The Morgan fingerprint density at radius 3 is 2.38 bits per heavy atom. The molecule has 0 saturated heterocycles. The van der Waals surface area contributed by atoms with E-state index < -0.39 is 34.2 Å². The van der Waals surface area contributed by atoms with E-state index in [0.717, 1.165) is 6.07 Å². The average molecular weight is 238 g/mol. The van der Waals surface area contributed by atoms with Crippen LogP contribution in [0.3, 0.4) is 0 Å². The lowest BCUT2D eigenvalue weighted by molar-refractivity contribution is -0.387. The fraction of sp³-hybridized carbons (Fsp3) is 0.250. The third-order valence-electron chi connectivity index (χ3n) is 1.88. The van der Waals surface area contributed by atoms with Gasteiger partial charge in [0, 0.05) is 6.07 Å².